The number of hydrogen-bond acceptors (Lipinski definition) is 2. The van der Waals surface area contributed by atoms with E-state index in [2.05, 4.69) is 23.6 Å². The van der Waals surface area contributed by atoms with Gasteiger partial charge in [-0.25, -0.2) is 4.57 Å². The molecule has 0 aliphatic heterocycles. The Hall–Kier alpha value is -3.46. The molecule has 0 saturated heterocycles. The predicted octanol–water partition coefficient (Wildman–Crippen LogP) is 6.09. The molecule has 0 N–H and O–H groups in total. The highest BCUT2D eigenvalue weighted by Crippen LogP contribution is 2.52. The van der Waals surface area contributed by atoms with E-state index in [0.29, 0.717) is 11.1 Å². The normalized spacial score (nSPS) is 19.4. The zero-order valence-corrected chi connectivity index (χ0v) is 17.2. The van der Waals surface area contributed by atoms with Crippen LogP contribution in [0.15, 0.2) is 71.4 Å². The van der Waals surface area contributed by atoms with Crippen LogP contribution in [0.4, 0.5) is 0 Å². The van der Waals surface area contributed by atoms with Crippen LogP contribution in [0.5, 0.6) is 0 Å². The molecule has 146 valence electrons. The average molecular weight is 395 g/mol. The Labute approximate surface area is 179 Å². The lowest BCUT2D eigenvalue weighted by Crippen LogP contribution is -2.30. The summed E-state index contributed by atoms with van der Waals surface area (Å²) in [6, 6.07) is 18.0. The van der Waals surface area contributed by atoms with Crippen molar-refractivity contribution in [3.8, 4) is 22.4 Å². The third kappa shape index (κ3) is 2.10. The average Bonchev–Trinajstić information content (AvgIpc) is 3.28. The van der Waals surface area contributed by atoms with Crippen molar-refractivity contribution in [2.24, 2.45) is 7.05 Å². The van der Waals surface area contributed by atoms with E-state index in [4.69, 9.17) is 13.5 Å². The lowest BCUT2D eigenvalue weighted by atomic mass is 9.83. The van der Waals surface area contributed by atoms with E-state index in [-0.39, 0.29) is 0 Å². The monoisotopic (exact) mass is 394 g/mol. The predicted molar refractivity (Wildman–Crippen MR) is 120 cm³/mol. The Balaban J connectivity index is 1.77. The summed E-state index contributed by atoms with van der Waals surface area (Å²) in [5, 5.41) is 0.928. The number of rotatable bonds is 1. The van der Waals surface area contributed by atoms with Crippen LogP contribution in [0.2, 0.25) is 0 Å². The molecule has 5 aromatic rings. The number of pyridine rings is 2. The summed E-state index contributed by atoms with van der Waals surface area (Å²) < 4.78 is 33.8. The smallest absolute Gasteiger partial charge is 0.216 e. The molecular formula is C27H23N2O+. The van der Waals surface area contributed by atoms with Crippen molar-refractivity contribution in [3.63, 3.8) is 0 Å². The van der Waals surface area contributed by atoms with Crippen molar-refractivity contribution < 1.29 is 13.1 Å². The van der Waals surface area contributed by atoms with E-state index in [1.807, 2.05) is 55.7 Å². The van der Waals surface area contributed by atoms with Crippen molar-refractivity contribution in [3.05, 3.63) is 83.7 Å². The van der Waals surface area contributed by atoms with Crippen LogP contribution in [0.1, 0.15) is 34.6 Å². The fourth-order valence-corrected chi connectivity index (χ4v) is 4.89. The molecule has 0 spiro atoms. The van der Waals surface area contributed by atoms with E-state index in [0.717, 1.165) is 50.0 Å². The van der Waals surface area contributed by atoms with E-state index < -0.39 is 12.3 Å². The topological polar surface area (TPSA) is 29.9 Å². The first kappa shape index (κ1) is 14.5. The molecule has 3 heteroatoms. The Bertz CT molecular complexity index is 1600. The fraction of sp³-hybridized carbons (Fsp3) is 0.185. The standard InChI is InChI=1S/C27H23N2O/c1-16-12-13-18-24-26(30-25(18)22(16)21-11-7-8-14-29(21)4)23-17-9-5-6-10-19(17)27(2,3)20(23)15-28-24/h5-15H,1-4H3/q+1/i2D3. The molecule has 1 atom stereocenters. The Morgan fingerprint density at radius 2 is 1.80 bits per heavy atom. The number of fused-ring (bicyclic) bond motifs is 7. The zero-order chi connectivity index (χ0) is 23.1. The number of benzene rings is 2. The molecule has 1 aliphatic rings. The van der Waals surface area contributed by atoms with Crippen LogP contribution >= 0.6 is 0 Å². The molecule has 6 rings (SSSR count). The molecule has 3 aromatic heterocycles. The van der Waals surface area contributed by atoms with Gasteiger partial charge in [-0.2, -0.15) is 0 Å². The van der Waals surface area contributed by atoms with Crippen molar-refractivity contribution in [2.45, 2.75) is 26.1 Å². The van der Waals surface area contributed by atoms with Crippen LogP contribution in [0, 0.1) is 6.92 Å². The molecule has 1 aliphatic carbocycles. The van der Waals surface area contributed by atoms with E-state index >= 15 is 0 Å². The van der Waals surface area contributed by atoms with Crippen LogP contribution in [0.3, 0.4) is 0 Å². The van der Waals surface area contributed by atoms with Gasteiger partial charge in [-0.05, 0) is 41.3 Å². The quantitative estimate of drug-likeness (QED) is 0.322. The Morgan fingerprint density at radius 3 is 2.63 bits per heavy atom. The van der Waals surface area contributed by atoms with Crippen molar-refractivity contribution in [2.75, 3.05) is 0 Å². The zero-order valence-electron chi connectivity index (χ0n) is 20.2. The molecule has 30 heavy (non-hydrogen) atoms. The van der Waals surface area contributed by atoms with Crippen LogP contribution in [0.25, 0.3) is 44.5 Å². The highest BCUT2D eigenvalue weighted by Gasteiger charge is 2.38. The number of furan rings is 1. The maximum Gasteiger partial charge on any atom is 0.216 e. The van der Waals surface area contributed by atoms with Gasteiger partial charge < -0.3 is 4.42 Å². The summed E-state index contributed by atoms with van der Waals surface area (Å²) in [6.45, 7) is 1.64. The molecule has 0 bridgehead atoms. The maximum atomic E-state index is 8.37. The van der Waals surface area contributed by atoms with Gasteiger partial charge in [0, 0.05) is 38.8 Å². The van der Waals surface area contributed by atoms with Crippen molar-refractivity contribution in [1.82, 2.24) is 4.98 Å². The second-order valence-corrected chi connectivity index (χ2v) is 8.33. The third-order valence-electron chi connectivity index (χ3n) is 6.44. The first-order chi connectivity index (χ1) is 15.7. The minimum absolute atomic E-state index is 0.647. The van der Waals surface area contributed by atoms with Crippen molar-refractivity contribution >= 4 is 22.1 Å². The molecule has 2 aromatic carbocycles. The van der Waals surface area contributed by atoms with Gasteiger partial charge in [-0.1, -0.05) is 44.1 Å². The number of aryl methyl sites for hydroxylation is 2. The molecule has 3 nitrogen and oxygen atoms in total. The Kier molecular flexibility index (Phi) is 2.80. The summed E-state index contributed by atoms with van der Waals surface area (Å²) in [4.78, 5) is 4.77. The number of nitrogens with zero attached hydrogens (tertiary/aromatic N) is 2. The van der Waals surface area contributed by atoms with Gasteiger partial charge in [0.15, 0.2) is 17.4 Å². The number of aromatic nitrogens is 2. The lowest BCUT2D eigenvalue weighted by Gasteiger charge is -2.20. The highest BCUT2D eigenvalue weighted by molar-refractivity contribution is 6.12. The van der Waals surface area contributed by atoms with Gasteiger partial charge >= 0.3 is 0 Å². The van der Waals surface area contributed by atoms with Gasteiger partial charge in [-0.3, -0.25) is 4.98 Å². The van der Waals surface area contributed by atoms with Crippen LogP contribution in [-0.4, -0.2) is 4.98 Å². The molecule has 3 heterocycles. The largest absolute Gasteiger partial charge is 0.453 e. The SMILES string of the molecule is [2H]C([2H])([2H])C1(C)c2ccccc2-c2c1cnc1c2oc2c(-c3cccc[n+]3C)c(C)ccc21. The second-order valence-electron chi connectivity index (χ2n) is 8.33. The van der Waals surface area contributed by atoms with Crippen LogP contribution in [-0.2, 0) is 12.5 Å². The minimum atomic E-state index is -2.23. The van der Waals surface area contributed by atoms with Gasteiger partial charge in [0.25, 0.3) is 0 Å². The third-order valence-corrected chi connectivity index (χ3v) is 6.44. The van der Waals surface area contributed by atoms with E-state index in [1.54, 1.807) is 13.1 Å². The van der Waals surface area contributed by atoms with E-state index in [1.165, 1.54) is 0 Å². The molecule has 0 fully saturated rings. The summed E-state index contributed by atoms with van der Waals surface area (Å²) in [6.07, 6.45) is 3.76. The van der Waals surface area contributed by atoms with Crippen LogP contribution < -0.4 is 4.57 Å². The summed E-state index contributed by atoms with van der Waals surface area (Å²) in [7, 11) is 2.02. The lowest BCUT2D eigenvalue weighted by molar-refractivity contribution is -0.660. The molecular weight excluding hydrogens is 368 g/mol. The maximum absolute atomic E-state index is 8.37. The highest BCUT2D eigenvalue weighted by atomic mass is 16.3. The summed E-state index contributed by atoms with van der Waals surface area (Å²) in [5.41, 5.74) is 7.43. The number of hydrogen-bond donors (Lipinski definition) is 0. The molecule has 0 saturated carbocycles. The van der Waals surface area contributed by atoms with Gasteiger partial charge in [-0.15, -0.1) is 0 Å². The molecule has 1 unspecified atom stereocenters. The molecule has 0 radical (unpaired) electrons. The van der Waals surface area contributed by atoms with E-state index in [9.17, 15) is 0 Å². The summed E-state index contributed by atoms with van der Waals surface area (Å²) >= 11 is 0. The van der Waals surface area contributed by atoms with Crippen molar-refractivity contribution in [1.29, 1.82) is 0 Å². The Morgan fingerprint density at radius 1 is 0.967 bits per heavy atom. The fourth-order valence-electron chi connectivity index (χ4n) is 4.89. The first-order valence-electron chi connectivity index (χ1n) is 11.6. The molecule has 0 amide bonds. The summed E-state index contributed by atoms with van der Waals surface area (Å²) in [5.74, 6) is 0. The minimum Gasteiger partial charge on any atom is -0.453 e. The second kappa shape index (κ2) is 5.79. The van der Waals surface area contributed by atoms with Gasteiger partial charge in [0.05, 0.1) is 5.56 Å². The van der Waals surface area contributed by atoms with Gasteiger partial charge in [0.2, 0.25) is 5.69 Å². The first-order valence-corrected chi connectivity index (χ1v) is 10.1. The van der Waals surface area contributed by atoms with Gasteiger partial charge in [0.1, 0.15) is 12.6 Å².